The molecule has 3 rings (SSSR count). The third-order valence-electron chi connectivity index (χ3n) is 4.20. The predicted octanol–water partition coefficient (Wildman–Crippen LogP) is 0.119. The minimum atomic E-state index is -4.85. The van der Waals surface area contributed by atoms with E-state index in [4.69, 9.17) is 10.3 Å². The average molecular weight is 399 g/mol. The first-order chi connectivity index (χ1) is 12.6. The second-order valence-electron chi connectivity index (χ2n) is 6.07. The van der Waals surface area contributed by atoms with Gasteiger partial charge in [0.2, 0.25) is 5.91 Å². The van der Waals surface area contributed by atoms with Gasteiger partial charge in [-0.2, -0.15) is 13.5 Å². The molecule has 2 saturated heterocycles. The number of hydrogen-bond donors (Lipinski definition) is 4. The fraction of sp³-hybridized carbons (Fsp3) is 0.357. The van der Waals surface area contributed by atoms with E-state index in [2.05, 4.69) is 14.9 Å². The van der Waals surface area contributed by atoms with E-state index >= 15 is 0 Å². The number of carbonyl (C=O) groups excluding carboxylic acids is 3. The molecule has 2 aliphatic heterocycles. The molecule has 146 valence electrons. The van der Waals surface area contributed by atoms with Gasteiger partial charge >= 0.3 is 22.5 Å². The van der Waals surface area contributed by atoms with Crippen LogP contribution in [0.5, 0.6) is 0 Å². The van der Waals surface area contributed by atoms with Crippen LogP contribution < -0.4 is 16.4 Å². The van der Waals surface area contributed by atoms with Crippen LogP contribution in [0.15, 0.2) is 24.3 Å². The smallest absolute Gasteiger partial charge is 0.351 e. The molecule has 2 fully saturated rings. The second-order valence-corrected chi connectivity index (χ2v) is 7.07. The number of hydroxylamine groups is 2. The van der Waals surface area contributed by atoms with Crippen LogP contribution in [0.3, 0.4) is 0 Å². The molecule has 5 N–H and O–H groups in total. The van der Waals surface area contributed by atoms with Crippen molar-refractivity contribution < 1.29 is 31.6 Å². The number of rotatable bonds is 5. The summed E-state index contributed by atoms with van der Waals surface area (Å²) in [6, 6.07) is 3.28. The molecule has 0 aliphatic carbocycles. The Kier molecular flexibility index (Phi) is 4.91. The van der Waals surface area contributed by atoms with Gasteiger partial charge < -0.3 is 21.3 Å². The number of primary amides is 1. The Balaban J connectivity index is 1.70. The molecule has 0 radical (unpaired) electrons. The highest BCUT2D eigenvalue weighted by Crippen LogP contribution is 2.31. The lowest BCUT2D eigenvalue weighted by atomic mass is 10.0. The highest BCUT2D eigenvalue weighted by Gasteiger charge is 2.49. The summed E-state index contributed by atoms with van der Waals surface area (Å²) >= 11 is 0. The number of urea groups is 2. The van der Waals surface area contributed by atoms with E-state index in [9.17, 15) is 22.8 Å². The zero-order valence-corrected chi connectivity index (χ0v) is 14.7. The maximum atomic E-state index is 12.6. The lowest BCUT2D eigenvalue weighted by Crippen LogP contribution is -2.47. The van der Waals surface area contributed by atoms with E-state index in [1.54, 1.807) is 18.2 Å². The molecule has 2 aliphatic rings. The first kappa shape index (κ1) is 18.9. The summed E-state index contributed by atoms with van der Waals surface area (Å²) in [5.74, 6) is -0.480. The Labute approximate surface area is 154 Å². The number of benzene rings is 1. The Morgan fingerprint density at radius 1 is 1.22 bits per heavy atom. The van der Waals surface area contributed by atoms with Crippen molar-refractivity contribution in [3.05, 3.63) is 24.3 Å². The van der Waals surface area contributed by atoms with Crippen LogP contribution in [0.1, 0.15) is 12.8 Å². The number of carbonyl (C=O) groups is 3. The van der Waals surface area contributed by atoms with Crippen LogP contribution in [-0.4, -0.2) is 59.5 Å². The normalized spacial score (nSPS) is 21.9. The van der Waals surface area contributed by atoms with E-state index in [0.717, 1.165) is 0 Å². The molecule has 1 aromatic carbocycles. The standard InChI is InChI=1S/C14H17N5O7S/c15-13(21)17-9-3-1-2-8(6-9)16-12(20)11-5-4-10-7-18(11)14(22)19(10)26-27(23,24)25/h1-3,6,10-11H,4-5,7H2,(H,16,20)(H3,15,17,21)(H,23,24,25)/t10-,11-/m1/s1. The fourth-order valence-corrected chi connectivity index (χ4v) is 3.54. The third-order valence-corrected chi connectivity index (χ3v) is 4.55. The second kappa shape index (κ2) is 7.02. The van der Waals surface area contributed by atoms with E-state index < -0.39 is 40.5 Å². The average Bonchev–Trinajstić information content (AvgIpc) is 2.78. The molecule has 2 bridgehead atoms. The molecular formula is C14H17N5O7S. The minimum absolute atomic E-state index is 0.0930. The van der Waals surface area contributed by atoms with Crippen molar-refractivity contribution in [2.24, 2.45) is 5.73 Å². The molecule has 0 saturated carbocycles. The number of nitrogens with zero attached hydrogens (tertiary/aromatic N) is 2. The number of nitrogens with two attached hydrogens (primary N) is 1. The molecule has 0 unspecified atom stereocenters. The molecule has 27 heavy (non-hydrogen) atoms. The van der Waals surface area contributed by atoms with Crippen molar-refractivity contribution in [3.63, 3.8) is 0 Å². The van der Waals surface area contributed by atoms with Crippen molar-refractivity contribution >= 4 is 39.7 Å². The van der Waals surface area contributed by atoms with E-state index in [1.807, 2.05) is 0 Å². The number of anilines is 2. The molecule has 2 heterocycles. The minimum Gasteiger partial charge on any atom is -0.351 e. The molecule has 2 atom stereocenters. The Bertz CT molecular complexity index is 890. The zero-order valence-electron chi connectivity index (χ0n) is 13.9. The van der Waals surface area contributed by atoms with Gasteiger partial charge in [-0.1, -0.05) is 6.07 Å². The number of nitrogens with one attached hydrogen (secondary N) is 2. The summed E-state index contributed by atoms with van der Waals surface area (Å²) in [6.45, 7) is 0.0930. The molecular weight excluding hydrogens is 382 g/mol. The van der Waals surface area contributed by atoms with E-state index in [0.29, 0.717) is 22.9 Å². The summed E-state index contributed by atoms with van der Waals surface area (Å²) in [7, 11) is -4.85. The zero-order chi connectivity index (χ0) is 19.8. The number of hydrogen-bond acceptors (Lipinski definition) is 6. The largest absolute Gasteiger partial charge is 0.418 e. The molecule has 13 heteroatoms. The highest BCUT2D eigenvalue weighted by atomic mass is 32.3. The van der Waals surface area contributed by atoms with Crippen molar-refractivity contribution in [2.45, 2.75) is 24.9 Å². The Hall–Kier alpha value is -2.90. The summed E-state index contributed by atoms with van der Waals surface area (Å²) < 4.78 is 34.9. The molecule has 1 aromatic rings. The van der Waals surface area contributed by atoms with Crippen LogP contribution in [0.2, 0.25) is 0 Å². The van der Waals surface area contributed by atoms with Gasteiger partial charge in [0.1, 0.15) is 6.04 Å². The van der Waals surface area contributed by atoms with Gasteiger partial charge in [-0.3, -0.25) is 9.35 Å². The van der Waals surface area contributed by atoms with Crippen LogP contribution in [0.4, 0.5) is 21.0 Å². The van der Waals surface area contributed by atoms with Crippen molar-refractivity contribution in [1.29, 1.82) is 0 Å². The first-order valence-corrected chi connectivity index (χ1v) is 9.25. The quantitative estimate of drug-likeness (QED) is 0.509. The highest BCUT2D eigenvalue weighted by molar-refractivity contribution is 7.80. The van der Waals surface area contributed by atoms with Gasteiger partial charge in [0.15, 0.2) is 0 Å². The fourth-order valence-electron chi connectivity index (χ4n) is 3.15. The van der Waals surface area contributed by atoms with E-state index in [1.165, 1.54) is 11.0 Å². The van der Waals surface area contributed by atoms with Crippen LogP contribution in [-0.2, 0) is 19.5 Å². The number of piperidine rings is 1. The van der Waals surface area contributed by atoms with Gasteiger partial charge in [0.25, 0.3) is 0 Å². The summed E-state index contributed by atoms with van der Waals surface area (Å²) in [4.78, 5) is 37.0. The van der Waals surface area contributed by atoms with Gasteiger partial charge in [-0.15, -0.1) is 4.28 Å². The van der Waals surface area contributed by atoms with Gasteiger partial charge in [0.05, 0.1) is 6.04 Å². The summed E-state index contributed by atoms with van der Waals surface area (Å²) in [6.07, 6.45) is 0.603. The lowest BCUT2D eigenvalue weighted by Gasteiger charge is -2.29. The monoisotopic (exact) mass is 399 g/mol. The Morgan fingerprint density at radius 3 is 2.52 bits per heavy atom. The van der Waals surface area contributed by atoms with Gasteiger partial charge in [-0.05, 0) is 31.0 Å². The lowest BCUT2D eigenvalue weighted by molar-refractivity contribution is -0.120. The molecule has 5 amide bonds. The molecule has 0 spiro atoms. The molecule has 0 aromatic heterocycles. The van der Waals surface area contributed by atoms with Crippen molar-refractivity contribution in [3.8, 4) is 0 Å². The van der Waals surface area contributed by atoms with Crippen molar-refractivity contribution in [2.75, 3.05) is 17.2 Å². The summed E-state index contributed by atoms with van der Waals surface area (Å²) in [5, 5.41) is 5.59. The van der Waals surface area contributed by atoms with Crippen LogP contribution in [0, 0.1) is 0 Å². The molecule has 12 nitrogen and oxygen atoms in total. The van der Waals surface area contributed by atoms with E-state index in [-0.39, 0.29) is 13.0 Å². The van der Waals surface area contributed by atoms with Crippen LogP contribution >= 0.6 is 0 Å². The summed E-state index contributed by atoms with van der Waals surface area (Å²) in [5.41, 5.74) is 5.81. The number of amides is 5. The first-order valence-electron chi connectivity index (χ1n) is 7.88. The SMILES string of the molecule is NC(=O)Nc1cccc(NC(=O)[C@H]2CC[C@@H]3CN2C(=O)N3OS(=O)(=O)O)c1. The predicted molar refractivity (Wildman–Crippen MR) is 91.7 cm³/mol. The van der Waals surface area contributed by atoms with Crippen LogP contribution in [0.25, 0.3) is 0 Å². The maximum Gasteiger partial charge on any atom is 0.418 e. The number of fused-ring (bicyclic) bond motifs is 2. The topological polar surface area (TPSA) is 171 Å². The van der Waals surface area contributed by atoms with Gasteiger partial charge in [-0.25, -0.2) is 9.59 Å². The van der Waals surface area contributed by atoms with Gasteiger partial charge in [0, 0.05) is 17.9 Å². The Morgan fingerprint density at radius 2 is 1.89 bits per heavy atom. The third kappa shape index (κ3) is 4.27. The maximum absolute atomic E-state index is 12.6. The van der Waals surface area contributed by atoms with Crippen molar-refractivity contribution in [1.82, 2.24) is 9.96 Å².